The van der Waals surface area contributed by atoms with Gasteiger partial charge in [0.15, 0.2) is 0 Å². The fraction of sp³-hybridized carbons (Fsp3) is 0. The van der Waals surface area contributed by atoms with Gasteiger partial charge in [0.2, 0.25) is 0 Å². The van der Waals surface area contributed by atoms with Crippen LogP contribution in [0.2, 0.25) is 0 Å². The molecule has 1 heterocycles. The van der Waals surface area contributed by atoms with Gasteiger partial charge < -0.3 is 9.79 Å². The standard InChI is InChI=1S/C7H6NO6PS/c9-7-5-3-4(15(10,11)12)1-2-6(5)16(13,14)8-7/h1-3H,(H,8,9)(H2,10,11,12). The summed E-state index contributed by atoms with van der Waals surface area (Å²) >= 11 is 0. The van der Waals surface area contributed by atoms with Gasteiger partial charge in [-0.25, -0.2) is 13.1 Å². The molecule has 16 heavy (non-hydrogen) atoms. The van der Waals surface area contributed by atoms with Crippen molar-refractivity contribution in [2.75, 3.05) is 0 Å². The first kappa shape index (κ1) is 11.3. The maximum absolute atomic E-state index is 11.3. The van der Waals surface area contributed by atoms with Crippen molar-refractivity contribution < 1.29 is 27.6 Å². The van der Waals surface area contributed by atoms with Crippen LogP contribution >= 0.6 is 7.60 Å². The van der Waals surface area contributed by atoms with Crippen LogP contribution in [0.1, 0.15) is 10.4 Å². The molecule has 2 rings (SSSR count). The summed E-state index contributed by atoms with van der Waals surface area (Å²) in [5.74, 6) is -0.884. The fourth-order valence-electron chi connectivity index (χ4n) is 1.34. The number of carbonyl (C=O) groups excluding carboxylic acids is 1. The zero-order chi connectivity index (χ0) is 12.1. The number of hydrogen-bond donors (Lipinski definition) is 3. The summed E-state index contributed by atoms with van der Waals surface area (Å²) in [7, 11) is -8.36. The minimum absolute atomic E-state index is 0.249. The fourth-order valence-corrected chi connectivity index (χ4v) is 3.06. The molecule has 86 valence electrons. The highest BCUT2D eigenvalue weighted by molar-refractivity contribution is 7.90. The van der Waals surface area contributed by atoms with Gasteiger partial charge in [0.05, 0.1) is 10.9 Å². The van der Waals surface area contributed by atoms with Crippen molar-refractivity contribution in [1.82, 2.24) is 4.72 Å². The lowest BCUT2D eigenvalue weighted by atomic mass is 10.2. The van der Waals surface area contributed by atoms with Crippen LogP contribution in [0.5, 0.6) is 0 Å². The third-order valence-electron chi connectivity index (χ3n) is 2.06. The number of fused-ring (bicyclic) bond motifs is 1. The van der Waals surface area contributed by atoms with Crippen LogP contribution in [0.3, 0.4) is 0 Å². The van der Waals surface area contributed by atoms with Gasteiger partial charge in [0, 0.05) is 0 Å². The SMILES string of the molecule is O=C1NS(=O)(=O)c2ccc(P(=O)(O)O)cc21. The number of sulfonamides is 1. The van der Waals surface area contributed by atoms with Crippen molar-refractivity contribution in [1.29, 1.82) is 0 Å². The molecular weight excluding hydrogens is 257 g/mol. The van der Waals surface area contributed by atoms with Gasteiger partial charge in [-0.15, -0.1) is 0 Å². The zero-order valence-electron chi connectivity index (χ0n) is 7.61. The summed E-state index contributed by atoms with van der Waals surface area (Å²) in [5.41, 5.74) is -0.249. The number of carbonyl (C=O) groups is 1. The molecule has 0 saturated heterocycles. The quantitative estimate of drug-likeness (QED) is 0.554. The van der Waals surface area contributed by atoms with Crippen molar-refractivity contribution in [2.45, 2.75) is 4.90 Å². The molecule has 7 nitrogen and oxygen atoms in total. The van der Waals surface area contributed by atoms with Crippen molar-refractivity contribution in [3.63, 3.8) is 0 Å². The molecule has 0 spiro atoms. The number of benzene rings is 1. The van der Waals surface area contributed by atoms with Crippen molar-refractivity contribution in [3.05, 3.63) is 23.8 Å². The number of nitrogens with one attached hydrogen (secondary N) is 1. The van der Waals surface area contributed by atoms with E-state index in [1.165, 1.54) is 0 Å². The van der Waals surface area contributed by atoms with E-state index in [9.17, 15) is 17.8 Å². The highest BCUT2D eigenvalue weighted by atomic mass is 32.2. The monoisotopic (exact) mass is 263 g/mol. The van der Waals surface area contributed by atoms with Crippen LogP contribution in [0.15, 0.2) is 23.1 Å². The molecule has 0 atom stereocenters. The zero-order valence-corrected chi connectivity index (χ0v) is 9.33. The van der Waals surface area contributed by atoms with Gasteiger partial charge in [-0.3, -0.25) is 9.36 Å². The Bertz CT molecular complexity index is 630. The Morgan fingerprint density at radius 1 is 1.25 bits per heavy atom. The summed E-state index contributed by atoms with van der Waals surface area (Å²) < 4.78 is 35.2. The van der Waals surface area contributed by atoms with Gasteiger partial charge in [-0.2, -0.15) is 0 Å². The van der Waals surface area contributed by atoms with Gasteiger partial charge in [-0.1, -0.05) is 0 Å². The molecule has 0 saturated carbocycles. The first-order chi connectivity index (χ1) is 7.22. The molecule has 9 heteroatoms. The van der Waals surface area contributed by atoms with E-state index < -0.39 is 28.8 Å². The van der Waals surface area contributed by atoms with E-state index in [1.54, 1.807) is 4.72 Å². The first-order valence-corrected chi connectivity index (χ1v) is 7.09. The summed E-state index contributed by atoms with van der Waals surface area (Å²) in [5, 5.41) is -0.390. The van der Waals surface area contributed by atoms with Crippen LogP contribution < -0.4 is 10.0 Å². The molecule has 0 unspecified atom stereocenters. The molecule has 1 amide bonds. The topological polar surface area (TPSA) is 121 Å². The summed E-state index contributed by atoms with van der Waals surface area (Å²) in [4.78, 5) is 28.7. The Kier molecular flexibility index (Phi) is 2.22. The molecular formula is C7H6NO6PS. The number of rotatable bonds is 1. The molecule has 1 aliphatic rings. The van der Waals surface area contributed by atoms with Crippen LogP contribution in [0.4, 0.5) is 0 Å². The minimum Gasteiger partial charge on any atom is -0.321 e. The van der Waals surface area contributed by atoms with E-state index >= 15 is 0 Å². The second kappa shape index (κ2) is 3.14. The highest BCUT2D eigenvalue weighted by Crippen LogP contribution is 2.34. The van der Waals surface area contributed by atoms with Gasteiger partial charge in [0.1, 0.15) is 4.90 Å². The van der Waals surface area contributed by atoms with Gasteiger partial charge >= 0.3 is 7.60 Å². The highest BCUT2D eigenvalue weighted by Gasteiger charge is 2.34. The van der Waals surface area contributed by atoms with Crippen molar-refractivity contribution >= 4 is 28.8 Å². The Balaban J connectivity index is 2.71. The maximum atomic E-state index is 11.3. The molecule has 0 aromatic heterocycles. The van der Waals surface area contributed by atoms with Crippen LogP contribution in [0, 0.1) is 0 Å². The lowest BCUT2D eigenvalue weighted by molar-refractivity contribution is 0.0985. The predicted molar refractivity (Wildman–Crippen MR) is 52.8 cm³/mol. The van der Waals surface area contributed by atoms with Crippen LogP contribution in [0.25, 0.3) is 0 Å². The van der Waals surface area contributed by atoms with E-state index in [2.05, 4.69) is 0 Å². The average molecular weight is 263 g/mol. The van der Waals surface area contributed by atoms with Gasteiger partial charge in [0.25, 0.3) is 15.9 Å². The maximum Gasteiger partial charge on any atom is 0.356 e. The smallest absolute Gasteiger partial charge is 0.321 e. The van der Waals surface area contributed by atoms with E-state index in [-0.39, 0.29) is 10.5 Å². The summed E-state index contributed by atoms with van der Waals surface area (Å²) in [6.07, 6.45) is 0. The average Bonchev–Trinajstić information content (AvgIpc) is 2.36. The third-order valence-corrected chi connectivity index (χ3v) is 4.40. The molecule has 1 aromatic carbocycles. The van der Waals surface area contributed by atoms with Crippen LogP contribution in [-0.2, 0) is 14.6 Å². The van der Waals surface area contributed by atoms with E-state index in [0.717, 1.165) is 18.2 Å². The second-order valence-electron chi connectivity index (χ2n) is 3.16. The Morgan fingerprint density at radius 3 is 2.44 bits per heavy atom. The molecule has 0 fully saturated rings. The molecule has 0 aliphatic carbocycles. The van der Waals surface area contributed by atoms with Crippen molar-refractivity contribution in [2.24, 2.45) is 0 Å². The second-order valence-corrected chi connectivity index (χ2v) is 6.41. The largest absolute Gasteiger partial charge is 0.356 e. The van der Waals surface area contributed by atoms with E-state index in [4.69, 9.17) is 9.79 Å². The molecule has 0 bridgehead atoms. The molecule has 0 radical (unpaired) electrons. The summed E-state index contributed by atoms with van der Waals surface area (Å²) in [6.45, 7) is 0. The molecule has 1 aliphatic heterocycles. The van der Waals surface area contributed by atoms with Crippen LogP contribution in [-0.4, -0.2) is 24.1 Å². The van der Waals surface area contributed by atoms with E-state index in [0.29, 0.717) is 0 Å². The van der Waals surface area contributed by atoms with Crippen molar-refractivity contribution in [3.8, 4) is 0 Å². The third kappa shape index (κ3) is 1.65. The summed E-state index contributed by atoms with van der Waals surface area (Å²) in [6, 6.07) is 2.87. The Morgan fingerprint density at radius 2 is 1.88 bits per heavy atom. The Labute approximate surface area is 90.3 Å². The number of amides is 1. The normalized spacial score (nSPS) is 18.0. The minimum atomic E-state index is -4.49. The Hall–Kier alpha value is -1.21. The lowest BCUT2D eigenvalue weighted by Crippen LogP contribution is -2.20. The predicted octanol–water partition coefficient (Wildman–Crippen LogP) is -1.08. The first-order valence-electron chi connectivity index (χ1n) is 3.99. The molecule has 3 N–H and O–H groups in total. The lowest BCUT2D eigenvalue weighted by Gasteiger charge is -2.04. The van der Waals surface area contributed by atoms with E-state index in [1.807, 2.05) is 0 Å². The van der Waals surface area contributed by atoms with Gasteiger partial charge in [-0.05, 0) is 18.2 Å². The molecule has 1 aromatic rings. The number of hydrogen-bond acceptors (Lipinski definition) is 4.